The van der Waals surface area contributed by atoms with Crippen LogP contribution < -0.4 is 0 Å². The Kier molecular flexibility index (Phi) is 5.36. The number of methoxy groups -OCH3 is 1. The minimum absolute atomic E-state index is 0.0280. The van der Waals surface area contributed by atoms with Crippen molar-refractivity contribution >= 4 is 17.6 Å². The van der Waals surface area contributed by atoms with Crippen LogP contribution in [0, 0.1) is 0 Å². The number of esters is 1. The van der Waals surface area contributed by atoms with Gasteiger partial charge in [0, 0.05) is 13.0 Å². The summed E-state index contributed by atoms with van der Waals surface area (Å²) in [6.07, 6.45) is 4.14. The molecule has 8 heteroatoms. The van der Waals surface area contributed by atoms with E-state index in [-0.39, 0.29) is 24.5 Å². The number of carbonyl (C=O) groups is 2. The molecule has 2 aliphatic rings. The minimum Gasteiger partial charge on any atom is -0.468 e. The fraction of sp³-hybridized carbons (Fsp3) is 0.292. The van der Waals surface area contributed by atoms with Crippen LogP contribution in [0.5, 0.6) is 0 Å². The molecule has 0 aliphatic carbocycles. The van der Waals surface area contributed by atoms with Gasteiger partial charge in [-0.05, 0) is 41.8 Å². The van der Waals surface area contributed by atoms with Gasteiger partial charge in [0.05, 0.1) is 26.2 Å². The smallest absolute Gasteiger partial charge is 0.323 e. The standard InChI is InChI=1S/C24H23N3O5/c1-30-24(29)20-12-16-6-2-3-7-17(16)14-26(20)15-23(28)27-19(22-9-5-11-32-22)13-18(25-27)21-8-4-10-31-21/h2-11,19-20H,12-15H2,1H3. The van der Waals surface area contributed by atoms with E-state index in [0.29, 0.717) is 36.6 Å². The summed E-state index contributed by atoms with van der Waals surface area (Å²) < 4.78 is 16.1. The van der Waals surface area contributed by atoms with Crippen molar-refractivity contribution in [2.45, 2.75) is 31.5 Å². The third-order valence-corrected chi connectivity index (χ3v) is 6.00. The van der Waals surface area contributed by atoms with Gasteiger partial charge in [0.25, 0.3) is 5.91 Å². The topological polar surface area (TPSA) is 88.5 Å². The maximum atomic E-state index is 13.5. The molecule has 2 atom stereocenters. The third-order valence-electron chi connectivity index (χ3n) is 6.00. The van der Waals surface area contributed by atoms with Crippen molar-refractivity contribution in [3.63, 3.8) is 0 Å². The van der Waals surface area contributed by atoms with Crippen molar-refractivity contribution in [3.05, 3.63) is 83.7 Å². The van der Waals surface area contributed by atoms with Crippen molar-refractivity contribution < 1.29 is 23.2 Å². The molecule has 1 aromatic carbocycles. The molecule has 0 N–H and O–H groups in total. The Morgan fingerprint density at radius 3 is 2.53 bits per heavy atom. The molecule has 0 saturated heterocycles. The Bertz CT molecular complexity index is 1140. The van der Waals surface area contributed by atoms with Crippen LogP contribution in [0.1, 0.15) is 35.1 Å². The monoisotopic (exact) mass is 433 g/mol. The van der Waals surface area contributed by atoms with Crippen molar-refractivity contribution in [1.82, 2.24) is 9.91 Å². The number of fused-ring (bicyclic) bond motifs is 1. The van der Waals surface area contributed by atoms with Gasteiger partial charge >= 0.3 is 5.97 Å². The van der Waals surface area contributed by atoms with Gasteiger partial charge in [-0.25, -0.2) is 5.01 Å². The average Bonchev–Trinajstić information content (AvgIpc) is 3.58. The highest BCUT2D eigenvalue weighted by atomic mass is 16.5. The molecule has 164 valence electrons. The first kappa shape index (κ1) is 20.3. The highest BCUT2D eigenvalue weighted by Crippen LogP contribution is 2.34. The molecule has 0 fully saturated rings. The molecule has 0 bridgehead atoms. The summed E-state index contributed by atoms with van der Waals surface area (Å²) in [5, 5.41) is 6.02. The molecule has 5 rings (SSSR count). The summed E-state index contributed by atoms with van der Waals surface area (Å²) in [6, 6.07) is 14.3. The summed E-state index contributed by atoms with van der Waals surface area (Å²) in [5.74, 6) is 0.700. The molecule has 0 radical (unpaired) electrons. The molecule has 2 aliphatic heterocycles. The molecule has 4 heterocycles. The molecule has 8 nitrogen and oxygen atoms in total. The van der Waals surface area contributed by atoms with E-state index in [1.54, 1.807) is 24.7 Å². The molecule has 2 aromatic heterocycles. The van der Waals surface area contributed by atoms with Crippen LogP contribution in [-0.2, 0) is 27.3 Å². The van der Waals surface area contributed by atoms with Crippen LogP contribution in [0.4, 0.5) is 0 Å². The van der Waals surface area contributed by atoms with Crippen LogP contribution >= 0.6 is 0 Å². The first-order valence-corrected chi connectivity index (χ1v) is 10.5. The molecule has 2 unspecified atom stereocenters. The van der Waals surface area contributed by atoms with Gasteiger partial charge in [-0.3, -0.25) is 14.5 Å². The largest absolute Gasteiger partial charge is 0.468 e. The molecular weight excluding hydrogens is 410 g/mol. The maximum Gasteiger partial charge on any atom is 0.323 e. The quantitative estimate of drug-likeness (QED) is 0.575. The van der Waals surface area contributed by atoms with Crippen molar-refractivity contribution in [2.24, 2.45) is 5.10 Å². The number of furan rings is 2. The Hall–Kier alpha value is -3.65. The fourth-order valence-corrected chi connectivity index (χ4v) is 4.39. The average molecular weight is 433 g/mol. The number of hydrazone groups is 1. The van der Waals surface area contributed by atoms with E-state index in [4.69, 9.17) is 13.6 Å². The van der Waals surface area contributed by atoms with Crippen LogP contribution in [0.2, 0.25) is 0 Å². The second-order valence-electron chi connectivity index (χ2n) is 7.91. The Labute approximate surface area is 185 Å². The molecule has 0 spiro atoms. The molecule has 32 heavy (non-hydrogen) atoms. The fourth-order valence-electron chi connectivity index (χ4n) is 4.39. The number of hydrogen-bond donors (Lipinski definition) is 0. The van der Waals surface area contributed by atoms with E-state index in [1.807, 2.05) is 41.3 Å². The summed E-state index contributed by atoms with van der Waals surface area (Å²) in [5.41, 5.74) is 2.88. The highest BCUT2D eigenvalue weighted by Gasteiger charge is 2.39. The van der Waals surface area contributed by atoms with E-state index >= 15 is 0 Å². The van der Waals surface area contributed by atoms with E-state index in [9.17, 15) is 9.59 Å². The van der Waals surface area contributed by atoms with E-state index in [0.717, 1.165) is 11.1 Å². The Morgan fingerprint density at radius 2 is 1.81 bits per heavy atom. The van der Waals surface area contributed by atoms with Crippen LogP contribution in [0.3, 0.4) is 0 Å². The lowest BCUT2D eigenvalue weighted by atomic mass is 9.94. The SMILES string of the molecule is COC(=O)C1Cc2ccccc2CN1CC(=O)N1N=C(c2ccco2)CC1c1ccco1. The maximum absolute atomic E-state index is 13.5. The predicted molar refractivity (Wildman–Crippen MR) is 115 cm³/mol. The highest BCUT2D eigenvalue weighted by molar-refractivity contribution is 6.01. The van der Waals surface area contributed by atoms with Crippen LogP contribution in [-0.4, -0.2) is 47.2 Å². The number of rotatable bonds is 5. The lowest BCUT2D eigenvalue weighted by Gasteiger charge is -2.35. The van der Waals surface area contributed by atoms with E-state index < -0.39 is 6.04 Å². The van der Waals surface area contributed by atoms with Gasteiger partial charge in [0.15, 0.2) is 0 Å². The van der Waals surface area contributed by atoms with Gasteiger partial charge in [0.2, 0.25) is 0 Å². The summed E-state index contributed by atoms with van der Waals surface area (Å²) in [4.78, 5) is 27.8. The van der Waals surface area contributed by atoms with Gasteiger partial charge in [0.1, 0.15) is 29.3 Å². The summed E-state index contributed by atoms with van der Waals surface area (Å²) in [6.45, 7) is 0.510. The molecule has 3 aromatic rings. The number of nitrogens with zero attached hydrogens (tertiary/aromatic N) is 3. The first-order chi connectivity index (χ1) is 15.6. The lowest BCUT2D eigenvalue weighted by Crippen LogP contribution is -2.50. The number of carbonyl (C=O) groups excluding carboxylic acids is 2. The van der Waals surface area contributed by atoms with Crippen LogP contribution in [0.15, 0.2) is 75.0 Å². The van der Waals surface area contributed by atoms with Crippen molar-refractivity contribution in [1.29, 1.82) is 0 Å². The van der Waals surface area contributed by atoms with Crippen molar-refractivity contribution in [3.8, 4) is 0 Å². The zero-order valence-electron chi connectivity index (χ0n) is 17.6. The van der Waals surface area contributed by atoms with E-state index in [2.05, 4.69) is 5.10 Å². The van der Waals surface area contributed by atoms with Gasteiger partial charge < -0.3 is 13.6 Å². The van der Waals surface area contributed by atoms with Gasteiger partial charge in [-0.1, -0.05) is 24.3 Å². The van der Waals surface area contributed by atoms with Crippen molar-refractivity contribution in [2.75, 3.05) is 13.7 Å². The van der Waals surface area contributed by atoms with E-state index in [1.165, 1.54) is 12.1 Å². The summed E-state index contributed by atoms with van der Waals surface area (Å²) in [7, 11) is 1.37. The van der Waals surface area contributed by atoms with Gasteiger partial charge in [-0.15, -0.1) is 0 Å². The second kappa shape index (κ2) is 8.47. The number of benzene rings is 1. The first-order valence-electron chi connectivity index (χ1n) is 10.5. The lowest BCUT2D eigenvalue weighted by molar-refractivity contribution is -0.149. The normalized spacial score (nSPS) is 20.7. The molecule has 1 amide bonds. The zero-order valence-corrected chi connectivity index (χ0v) is 17.6. The number of ether oxygens (including phenoxy) is 1. The third kappa shape index (κ3) is 3.73. The molecule has 0 saturated carbocycles. The van der Waals surface area contributed by atoms with Gasteiger partial charge in [-0.2, -0.15) is 5.10 Å². The second-order valence-corrected chi connectivity index (χ2v) is 7.91. The predicted octanol–water partition coefficient (Wildman–Crippen LogP) is 3.15. The van der Waals surface area contributed by atoms with Crippen LogP contribution in [0.25, 0.3) is 0 Å². The minimum atomic E-state index is -0.531. The number of amides is 1. The molecular formula is C24H23N3O5. The summed E-state index contributed by atoms with van der Waals surface area (Å²) >= 11 is 0. The Balaban J connectivity index is 1.42. The zero-order chi connectivity index (χ0) is 22.1. The Morgan fingerprint density at radius 1 is 1.03 bits per heavy atom. The number of hydrogen-bond acceptors (Lipinski definition) is 7.